The Morgan fingerprint density at radius 1 is 1.56 bits per heavy atom. The monoisotopic (exact) mass is 225 g/mol. The van der Waals surface area contributed by atoms with Gasteiger partial charge in [0, 0.05) is 7.11 Å². The fraction of sp³-hybridized carbons (Fsp3) is 0.818. The lowest BCUT2D eigenvalue weighted by molar-refractivity contribution is 0.0903. The van der Waals surface area contributed by atoms with Crippen molar-refractivity contribution >= 4 is 0 Å². The maximum Gasteiger partial charge on any atom is 0.243 e. The Morgan fingerprint density at radius 3 is 3.06 bits per heavy atom. The van der Waals surface area contributed by atoms with E-state index in [0.29, 0.717) is 11.7 Å². The Hall–Kier alpha value is -0.940. The van der Waals surface area contributed by atoms with Crippen LogP contribution in [0.25, 0.3) is 0 Å². The van der Waals surface area contributed by atoms with Gasteiger partial charge in [0.1, 0.15) is 6.10 Å². The van der Waals surface area contributed by atoms with Crippen molar-refractivity contribution in [3.05, 3.63) is 11.7 Å². The molecule has 2 unspecified atom stereocenters. The molecule has 0 aliphatic carbocycles. The van der Waals surface area contributed by atoms with Gasteiger partial charge in [-0.25, -0.2) is 0 Å². The summed E-state index contributed by atoms with van der Waals surface area (Å²) in [6, 6.07) is 0.226. The highest BCUT2D eigenvalue weighted by molar-refractivity contribution is 4.96. The lowest BCUT2D eigenvalue weighted by Crippen LogP contribution is -2.27. The quantitative estimate of drug-likeness (QED) is 0.849. The van der Waals surface area contributed by atoms with Gasteiger partial charge in [0.25, 0.3) is 0 Å². The van der Waals surface area contributed by atoms with Crippen LogP contribution in [0.5, 0.6) is 0 Å². The summed E-state index contributed by atoms with van der Waals surface area (Å²) in [5, 5.41) is 7.37. The Bertz CT molecular complexity index is 317. The van der Waals surface area contributed by atoms with E-state index in [2.05, 4.69) is 15.5 Å². The molecule has 2 atom stereocenters. The molecule has 90 valence electrons. The van der Waals surface area contributed by atoms with E-state index in [9.17, 15) is 0 Å². The van der Waals surface area contributed by atoms with E-state index >= 15 is 0 Å². The van der Waals surface area contributed by atoms with Crippen molar-refractivity contribution in [2.45, 2.75) is 44.8 Å². The van der Waals surface area contributed by atoms with Gasteiger partial charge >= 0.3 is 0 Å². The van der Waals surface area contributed by atoms with Crippen molar-refractivity contribution in [2.75, 3.05) is 13.7 Å². The third-order valence-corrected chi connectivity index (χ3v) is 3.01. The van der Waals surface area contributed by atoms with Gasteiger partial charge in [-0.15, -0.1) is 0 Å². The molecule has 5 heteroatoms. The van der Waals surface area contributed by atoms with Crippen molar-refractivity contribution in [3.8, 4) is 0 Å². The highest BCUT2D eigenvalue weighted by Crippen LogP contribution is 2.24. The topological polar surface area (TPSA) is 60.2 Å². The van der Waals surface area contributed by atoms with Crippen LogP contribution >= 0.6 is 0 Å². The van der Waals surface area contributed by atoms with Crippen molar-refractivity contribution in [1.29, 1.82) is 0 Å². The standard InChI is InChI=1S/C11H19N3O2/c1-3-9(15-2)10-13-11(16-14-10)8-6-4-5-7-12-8/h8-9,12H,3-7H2,1-2H3. The summed E-state index contributed by atoms with van der Waals surface area (Å²) >= 11 is 0. The van der Waals surface area contributed by atoms with Gasteiger partial charge in [-0.2, -0.15) is 4.98 Å². The summed E-state index contributed by atoms with van der Waals surface area (Å²) in [6.07, 6.45) is 4.32. The summed E-state index contributed by atoms with van der Waals surface area (Å²) in [6.45, 7) is 3.08. The first-order valence-corrected chi connectivity index (χ1v) is 5.94. The molecule has 2 heterocycles. The van der Waals surface area contributed by atoms with Gasteiger partial charge in [-0.1, -0.05) is 18.5 Å². The molecule has 1 aliphatic rings. The van der Waals surface area contributed by atoms with Crippen LogP contribution in [0.15, 0.2) is 4.52 Å². The zero-order valence-electron chi connectivity index (χ0n) is 9.90. The Labute approximate surface area is 95.6 Å². The largest absolute Gasteiger partial charge is 0.373 e. The second kappa shape index (κ2) is 5.41. The van der Waals surface area contributed by atoms with Gasteiger partial charge in [-0.3, -0.25) is 0 Å². The number of ether oxygens (including phenoxy) is 1. The predicted molar refractivity (Wildman–Crippen MR) is 58.9 cm³/mol. The molecule has 0 aromatic carbocycles. The molecule has 1 N–H and O–H groups in total. The van der Waals surface area contributed by atoms with E-state index in [1.165, 1.54) is 12.8 Å². The minimum atomic E-state index is -0.0545. The van der Waals surface area contributed by atoms with E-state index in [0.717, 1.165) is 19.4 Å². The number of nitrogens with one attached hydrogen (secondary N) is 1. The molecular weight excluding hydrogens is 206 g/mol. The maximum atomic E-state index is 5.29. The van der Waals surface area contributed by atoms with Crippen LogP contribution in [0, 0.1) is 0 Å². The predicted octanol–water partition coefficient (Wildman–Crippen LogP) is 1.98. The molecule has 1 fully saturated rings. The number of hydrogen-bond donors (Lipinski definition) is 1. The van der Waals surface area contributed by atoms with Crippen LogP contribution in [-0.4, -0.2) is 23.8 Å². The van der Waals surface area contributed by atoms with Crippen molar-refractivity contribution < 1.29 is 9.26 Å². The number of nitrogens with zero attached hydrogens (tertiary/aromatic N) is 2. The molecule has 1 saturated heterocycles. The molecule has 0 spiro atoms. The van der Waals surface area contributed by atoms with Crippen molar-refractivity contribution in [3.63, 3.8) is 0 Å². The first-order valence-electron chi connectivity index (χ1n) is 5.94. The number of hydrogen-bond acceptors (Lipinski definition) is 5. The van der Waals surface area contributed by atoms with Crippen LogP contribution in [0.2, 0.25) is 0 Å². The molecule has 1 aromatic rings. The van der Waals surface area contributed by atoms with Gasteiger partial charge in [0.2, 0.25) is 11.7 Å². The SMILES string of the molecule is CCC(OC)c1noc(C2CCCCN2)n1. The lowest BCUT2D eigenvalue weighted by Gasteiger charge is -2.19. The second-order valence-corrected chi connectivity index (χ2v) is 4.13. The number of aromatic nitrogens is 2. The van der Waals surface area contributed by atoms with Crippen LogP contribution in [0.4, 0.5) is 0 Å². The average Bonchev–Trinajstić information content (AvgIpc) is 2.81. The summed E-state index contributed by atoms with van der Waals surface area (Å²) in [4.78, 5) is 4.41. The third kappa shape index (κ3) is 2.41. The zero-order valence-corrected chi connectivity index (χ0v) is 9.90. The molecule has 16 heavy (non-hydrogen) atoms. The lowest BCUT2D eigenvalue weighted by atomic mass is 10.1. The Balaban J connectivity index is 2.05. The van der Waals surface area contributed by atoms with E-state index in [1.54, 1.807) is 7.11 Å². The Morgan fingerprint density at radius 2 is 2.44 bits per heavy atom. The minimum absolute atomic E-state index is 0.0545. The number of piperidine rings is 1. The Kier molecular flexibility index (Phi) is 3.90. The molecule has 1 aliphatic heterocycles. The highest BCUT2D eigenvalue weighted by Gasteiger charge is 2.23. The molecule has 0 radical (unpaired) electrons. The molecule has 2 rings (SSSR count). The number of rotatable bonds is 4. The van der Waals surface area contributed by atoms with Gasteiger partial charge in [0.15, 0.2) is 0 Å². The van der Waals surface area contributed by atoms with Crippen LogP contribution < -0.4 is 5.32 Å². The van der Waals surface area contributed by atoms with Crippen LogP contribution in [-0.2, 0) is 4.74 Å². The molecule has 1 aromatic heterocycles. The minimum Gasteiger partial charge on any atom is -0.373 e. The molecular formula is C11H19N3O2. The first kappa shape index (κ1) is 11.5. The summed E-state index contributed by atoms with van der Waals surface area (Å²) < 4.78 is 10.6. The number of methoxy groups -OCH3 is 1. The third-order valence-electron chi connectivity index (χ3n) is 3.01. The first-order chi connectivity index (χ1) is 7.85. The molecule has 5 nitrogen and oxygen atoms in total. The molecule has 0 saturated carbocycles. The fourth-order valence-corrected chi connectivity index (χ4v) is 2.04. The highest BCUT2D eigenvalue weighted by atomic mass is 16.5. The van der Waals surface area contributed by atoms with Gasteiger partial charge in [0.05, 0.1) is 6.04 Å². The van der Waals surface area contributed by atoms with Crippen molar-refractivity contribution in [1.82, 2.24) is 15.5 Å². The van der Waals surface area contributed by atoms with E-state index in [4.69, 9.17) is 9.26 Å². The normalized spacial score (nSPS) is 23.2. The van der Waals surface area contributed by atoms with E-state index in [1.807, 2.05) is 6.92 Å². The fourth-order valence-electron chi connectivity index (χ4n) is 2.04. The molecule has 0 bridgehead atoms. The van der Waals surface area contributed by atoms with E-state index in [-0.39, 0.29) is 12.1 Å². The average molecular weight is 225 g/mol. The van der Waals surface area contributed by atoms with Gasteiger partial charge < -0.3 is 14.6 Å². The summed E-state index contributed by atoms with van der Waals surface area (Å²) in [5.74, 6) is 1.36. The summed E-state index contributed by atoms with van der Waals surface area (Å²) in [7, 11) is 1.67. The molecule has 0 amide bonds. The summed E-state index contributed by atoms with van der Waals surface area (Å²) in [5.41, 5.74) is 0. The zero-order chi connectivity index (χ0) is 11.4. The van der Waals surface area contributed by atoms with Crippen molar-refractivity contribution in [2.24, 2.45) is 0 Å². The van der Waals surface area contributed by atoms with E-state index < -0.39 is 0 Å². The van der Waals surface area contributed by atoms with Crippen LogP contribution in [0.3, 0.4) is 0 Å². The van der Waals surface area contributed by atoms with Gasteiger partial charge in [-0.05, 0) is 25.8 Å². The smallest absolute Gasteiger partial charge is 0.243 e. The maximum absolute atomic E-state index is 5.29. The van der Waals surface area contributed by atoms with Crippen LogP contribution in [0.1, 0.15) is 56.5 Å². The second-order valence-electron chi connectivity index (χ2n) is 4.13.